The third-order valence-corrected chi connectivity index (χ3v) is 4.78. The lowest BCUT2D eigenvalue weighted by molar-refractivity contribution is -0.136. The molecule has 7 heteroatoms. The number of furan rings is 1. The van der Waals surface area contributed by atoms with Crippen LogP contribution >= 0.6 is 0 Å². The summed E-state index contributed by atoms with van der Waals surface area (Å²) in [5.74, 6) is -0.187. The summed E-state index contributed by atoms with van der Waals surface area (Å²) < 4.78 is 5.12. The average molecular weight is 370 g/mol. The van der Waals surface area contributed by atoms with Crippen LogP contribution in [0.5, 0.6) is 0 Å². The van der Waals surface area contributed by atoms with Gasteiger partial charge in [-0.2, -0.15) is 0 Å². The van der Waals surface area contributed by atoms with E-state index in [1.54, 1.807) is 18.3 Å². The highest BCUT2D eigenvalue weighted by atomic mass is 16.3. The number of hydrogen-bond acceptors (Lipinski definition) is 5. The van der Waals surface area contributed by atoms with E-state index in [4.69, 9.17) is 4.42 Å². The lowest BCUT2D eigenvalue weighted by atomic mass is 10.0. The zero-order valence-corrected chi connectivity index (χ0v) is 15.8. The molecule has 0 aromatic carbocycles. The fraction of sp³-hybridized carbons (Fsp3) is 0.450. The average Bonchev–Trinajstić information content (AvgIpc) is 3.21. The molecule has 0 aliphatic carbocycles. The van der Waals surface area contributed by atoms with E-state index in [0.717, 1.165) is 19.6 Å². The highest BCUT2D eigenvalue weighted by Gasteiger charge is 2.31. The van der Waals surface area contributed by atoms with Crippen LogP contribution in [-0.2, 0) is 11.3 Å². The predicted octanol–water partition coefficient (Wildman–Crippen LogP) is 1.77. The second-order valence-electron chi connectivity index (χ2n) is 7.14. The van der Waals surface area contributed by atoms with Crippen LogP contribution in [0, 0.1) is 5.92 Å². The molecular formula is C20H26N4O3. The number of carbonyl (C=O) groups is 2. The summed E-state index contributed by atoms with van der Waals surface area (Å²) in [4.78, 5) is 33.5. The van der Waals surface area contributed by atoms with Crippen LogP contribution < -0.4 is 5.32 Å². The summed E-state index contributed by atoms with van der Waals surface area (Å²) in [6.07, 6.45) is 5.09. The van der Waals surface area contributed by atoms with Crippen LogP contribution in [0.4, 0.5) is 0 Å². The van der Waals surface area contributed by atoms with Gasteiger partial charge in [0.1, 0.15) is 6.04 Å². The fourth-order valence-corrected chi connectivity index (χ4v) is 3.21. The Morgan fingerprint density at radius 2 is 1.96 bits per heavy atom. The van der Waals surface area contributed by atoms with Crippen LogP contribution in [0.3, 0.4) is 0 Å². The third kappa shape index (κ3) is 4.95. The monoisotopic (exact) mass is 370 g/mol. The molecular weight excluding hydrogens is 344 g/mol. The minimum absolute atomic E-state index is 0.00941. The summed E-state index contributed by atoms with van der Waals surface area (Å²) >= 11 is 0. The maximum Gasteiger partial charge on any atom is 0.287 e. The zero-order valence-electron chi connectivity index (χ0n) is 15.8. The number of amides is 2. The summed E-state index contributed by atoms with van der Waals surface area (Å²) in [7, 11) is 0. The summed E-state index contributed by atoms with van der Waals surface area (Å²) in [5, 5.41) is 2.82. The maximum atomic E-state index is 13.0. The highest BCUT2D eigenvalue weighted by Crippen LogP contribution is 2.13. The van der Waals surface area contributed by atoms with Gasteiger partial charge in [0.25, 0.3) is 5.91 Å². The molecule has 3 rings (SSSR count). The molecule has 3 heterocycles. The van der Waals surface area contributed by atoms with E-state index in [1.807, 2.05) is 31.0 Å². The van der Waals surface area contributed by atoms with Crippen LogP contribution in [0.25, 0.3) is 0 Å². The largest absolute Gasteiger partial charge is 0.459 e. The lowest BCUT2D eigenvalue weighted by Gasteiger charge is -2.37. The first-order valence-corrected chi connectivity index (χ1v) is 9.29. The minimum Gasteiger partial charge on any atom is -0.459 e. The van der Waals surface area contributed by atoms with Gasteiger partial charge in [-0.1, -0.05) is 19.9 Å². The number of nitrogens with one attached hydrogen (secondary N) is 1. The van der Waals surface area contributed by atoms with Gasteiger partial charge in [-0.15, -0.1) is 0 Å². The molecule has 2 aromatic heterocycles. The van der Waals surface area contributed by atoms with Gasteiger partial charge in [0.05, 0.1) is 6.26 Å². The standard InChI is InChI=1S/C20H26N4O3/c1-15(2)18(22-19(25)17-6-4-12-27-17)20(26)24-10-8-23(9-11-24)14-16-5-3-7-21-13-16/h3-7,12-13,15,18H,8-11,14H2,1-2H3,(H,22,25). The van der Waals surface area contributed by atoms with Crippen LogP contribution in [-0.4, -0.2) is 58.8 Å². The SMILES string of the molecule is CC(C)C(NC(=O)c1ccco1)C(=O)N1CCN(Cc2cccnc2)CC1. The second-order valence-corrected chi connectivity index (χ2v) is 7.14. The Labute approximate surface area is 159 Å². The Morgan fingerprint density at radius 1 is 1.19 bits per heavy atom. The number of piperazine rings is 1. The van der Waals surface area contributed by atoms with Crippen molar-refractivity contribution in [1.29, 1.82) is 0 Å². The molecule has 0 spiro atoms. The Kier molecular flexibility index (Phi) is 6.24. The van der Waals surface area contributed by atoms with E-state index in [2.05, 4.69) is 21.3 Å². The molecule has 1 unspecified atom stereocenters. The smallest absolute Gasteiger partial charge is 0.287 e. The Balaban J connectivity index is 1.55. The molecule has 1 N–H and O–H groups in total. The number of nitrogens with zero attached hydrogens (tertiary/aromatic N) is 3. The van der Waals surface area contributed by atoms with Gasteiger partial charge in [-0.05, 0) is 29.7 Å². The maximum absolute atomic E-state index is 13.0. The van der Waals surface area contributed by atoms with Crippen molar-refractivity contribution in [2.75, 3.05) is 26.2 Å². The Bertz CT molecular complexity index is 738. The lowest BCUT2D eigenvalue weighted by Crippen LogP contribution is -2.56. The van der Waals surface area contributed by atoms with Crippen molar-refractivity contribution in [3.8, 4) is 0 Å². The predicted molar refractivity (Wildman–Crippen MR) is 101 cm³/mol. The van der Waals surface area contributed by atoms with Gasteiger partial charge in [-0.25, -0.2) is 0 Å². The van der Waals surface area contributed by atoms with E-state index < -0.39 is 6.04 Å². The van der Waals surface area contributed by atoms with Gasteiger partial charge >= 0.3 is 0 Å². The van der Waals surface area contributed by atoms with E-state index in [9.17, 15) is 9.59 Å². The topological polar surface area (TPSA) is 78.7 Å². The molecule has 1 aliphatic rings. The molecule has 0 radical (unpaired) electrons. The molecule has 1 saturated heterocycles. The number of hydrogen-bond donors (Lipinski definition) is 1. The van der Waals surface area contributed by atoms with Crippen molar-refractivity contribution >= 4 is 11.8 Å². The van der Waals surface area contributed by atoms with Crippen LogP contribution in [0.2, 0.25) is 0 Å². The Morgan fingerprint density at radius 3 is 2.56 bits per heavy atom. The van der Waals surface area contributed by atoms with Crippen molar-refractivity contribution in [2.24, 2.45) is 5.92 Å². The molecule has 2 aromatic rings. The van der Waals surface area contributed by atoms with Gasteiger partial charge in [0.15, 0.2) is 5.76 Å². The van der Waals surface area contributed by atoms with E-state index in [-0.39, 0.29) is 23.5 Å². The first-order valence-electron chi connectivity index (χ1n) is 9.29. The van der Waals surface area contributed by atoms with Crippen molar-refractivity contribution in [3.05, 3.63) is 54.2 Å². The molecule has 1 aliphatic heterocycles. The normalized spacial score (nSPS) is 16.3. The molecule has 2 amide bonds. The van der Waals surface area contributed by atoms with E-state index in [0.29, 0.717) is 13.1 Å². The number of pyridine rings is 1. The quantitative estimate of drug-likeness (QED) is 0.838. The first-order chi connectivity index (χ1) is 13.0. The van der Waals surface area contributed by atoms with Gasteiger partial charge in [-0.3, -0.25) is 19.5 Å². The third-order valence-electron chi connectivity index (χ3n) is 4.78. The fourth-order valence-electron chi connectivity index (χ4n) is 3.21. The number of carbonyl (C=O) groups excluding carboxylic acids is 2. The van der Waals surface area contributed by atoms with Gasteiger partial charge < -0.3 is 14.6 Å². The minimum atomic E-state index is -0.563. The highest BCUT2D eigenvalue weighted by molar-refractivity contribution is 5.95. The molecule has 0 saturated carbocycles. The van der Waals surface area contributed by atoms with Crippen molar-refractivity contribution in [1.82, 2.24) is 20.1 Å². The second kappa shape index (κ2) is 8.81. The van der Waals surface area contributed by atoms with Crippen molar-refractivity contribution in [2.45, 2.75) is 26.4 Å². The molecule has 0 bridgehead atoms. The first kappa shape index (κ1) is 19.1. The Hall–Kier alpha value is -2.67. The van der Waals surface area contributed by atoms with E-state index >= 15 is 0 Å². The molecule has 7 nitrogen and oxygen atoms in total. The number of aromatic nitrogens is 1. The van der Waals surface area contributed by atoms with E-state index in [1.165, 1.54) is 11.8 Å². The van der Waals surface area contributed by atoms with Crippen LogP contribution in [0.15, 0.2) is 47.3 Å². The van der Waals surface area contributed by atoms with Gasteiger partial charge in [0.2, 0.25) is 5.91 Å². The molecule has 144 valence electrons. The molecule has 27 heavy (non-hydrogen) atoms. The van der Waals surface area contributed by atoms with Crippen molar-refractivity contribution in [3.63, 3.8) is 0 Å². The molecule has 1 atom stereocenters. The molecule has 1 fully saturated rings. The summed E-state index contributed by atoms with van der Waals surface area (Å²) in [6, 6.07) is 6.68. The van der Waals surface area contributed by atoms with Gasteiger partial charge in [0, 0.05) is 45.1 Å². The summed E-state index contributed by atoms with van der Waals surface area (Å²) in [6.45, 7) is 7.61. The summed E-state index contributed by atoms with van der Waals surface area (Å²) in [5.41, 5.74) is 1.17. The van der Waals surface area contributed by atoms with Crippen LogP contribution in [0.1, 0.15) is 30.0 Å². The van der Waals surface area contributed by atoms with Crippen molar-refractivity contribution < 1.29 is 14.0 Å². The zero-order chi connectivity index (χ0) is 19.2. The number of rotatable bonds is 6.